The summed E-state index contributed by atoms with van der Waals surface area (Å²) in [6.07, 6.45) is -2.36. The van der Waals surface area contributed by atoms with Crippen molar-refractivity contribution in [2.75, 3.05) is 11.4 Å². The summed E-state index contributed by atoms with van der Waals surface area (Å²) in [5.41, 5.74) is 4.84. The third-order valence-electron chi connectivity index (χ3n) is 2.52. The fourth-order valence-electron chi connectivity index (χ4n) is 1.72. The van der Waals surface area contributed by atoms with Crippen LogP contribution in [0.15, 0.2) is 18.5 Å². The molecule has 2 rings (SSSR count). The first-order chi connectivity index (χ1) is 7.88. The zero-order chi connectivity index (χ0) is 12.6. The Labute approximate surface area is 95.2 Å². The van der Waals surface area contributed by atoms with Gasteiger partial charge >= 0.3 is 6.18 Å². The smallest absolute Gasteiger partial charge is 0.326 e. The Morgan fingerprint density at radius 2 is 2.12 bits per heavy atom. The lowest BCUT2D eigenvalue weighted by molar-refractivity contribution is -0.137. The number of aromatic nitrogens is 1. The molecule has 1 fully saturated rings. The molecule has 1 aromatic rings. The first-order valence-electron chi connectivity index (χ1n) is 4.96. The summed E-state index contributed by atoms with van der Waals surface area (Å²) in [5, 5.41) is 0. The molecule has 1 aliphatic heterocycles. The van der Waals surface area contributed by atoms with Crippen molar-refractivity contribution in [1.29, 1.82) is 0 Å². The van der Waals surface area contributed by atoms with Crippen LogP contribution in [-0.4, -0.2) is 23.5 Å². The van der Waals surface area contributed by atoms with Crippen LogP contribution in [0.2, 0.25) is 0 Å². The summed E-state index contributed by atoms with van der Waals surface area (Å²) >= 11 is 0. The average Bonchev–Trinajstić information content (AvgIpc) is 2.57. The standard InChI is InChI=1S/C10H10F3N3O/c11-10(12,13)6-1-8(4-15-3-6)16-5-7(14)2-9(16)17/h1,3-4,7H,2,5,14H2. The number of nitrogens with zero attached hydrogens (tertiary/aromatic N) is 2. The van der Waals surface area contributed by atoms with Crippen LogP contribution in [0.1, 0.15) is 12.0 Å². The molecule has 7 heteroatoms. The number of hydrogen-bond acceptors (Lipinski definition) is 3. The van der Waals surface area contributed by atoms with E-state index in [1.54, 1.807) is 0 Å². The van der Waals surface area contributed by atoms with Crippen LogP contribution in [0.4, 0.5) is 18.9 Å². The van der Waals surface area contributed by atoms with E-state index in [2.05, 4.69) is 4.98 Å². The Morgan fingerprint density at radius 3 is 2.65 bits per heavy atom. The lowest BCUT2D eigenvalue weighted by Crippen LogP contribution is -2.28. The predicted octanol–water partition coefficient (Wildman–Crippen LogP) is 1.16. The maximum absolute atomic E-state index is 12.5. The molecule has 1 aromatic heterocycles. The first-order valence-corrected chi connectivity index (χ1v) is 4.96. The van der Waals surface area contributed by atoms with E-state index in [4.69, 9.17) is 5.73 Å². The molecule has 0 radical (unpaired) electrons. The second-order valence-corrected chi connectivity index (χ2v) is 3.90. The second-order valence-electron chi connectivity index (χ2n) is 3.90. The number of carbonyl (C=O) groups is 1. The predicted molar refractivity (Wildman–Crippen MR) is 54.2 cm³/mol. The van der Waals surface area contributed by atoms with Crippen molar-refractivity contribution in [3.8, 4) is 0 Å². The van der Waals surface area contributed by atoms with Crippen LogP contribution >= 0.6 is 0 Å². The Balaban J connectivity index is 2.31. The molecule has 2 heterocycles. The highest BCUT2D eigenvalue weighted by molar-refractivity contribution is 5.96. The Bertz CT molecular complexity index is 447. The van der Waals surface area contributed by atoms with Crippen LogP contribution in [0, 0.1) is 0 Å². The molecular formula is C10H10F3N3O. The number of rotatable bonds is 1. The molecular weight excluding hydrogens is 235 g/mol. The molecule has 1 amide bonds. The van der Waals surface area contributed by atoms with Gasteiger partial charge in [0, 0.05) is 25.2 Å². The number of anilines is 1. The summed E-state index contributed by atoms with van der Waals surface area (Å²) in [6.45, 7) is 0.224. The van der Waals surface area contributed by atoms with E-state index in [0.29, 0.717) is 0 Å². The molecule has 17 heavy (non-hydrogen) atoms. The van der Waals surface area contributed by atoms with Crippen LogP contribution in [0.25, 0.3) is 0 Å². The molecule has 0 aliphatic carbocycles. The summed E-state index contributed by atoms with van der Waals surface area (Å²) in [4.78, 5) is 16.2. The van der Waals surface area contributed by atoms with Crippen LogP contribution in [0.3, 0.4) is 0 Å². The third-order valence-corrected chi connectivity index (χ3v) is 2.52. The fraction of sp³-hybridized carbons (Fsp3) is 0.400. The zero-order valence-electron chi connectivity index (χ0n) is 8.74. The normalized spacial score (nSPS) is 21.1. The van der Waals surface area contributed by atoms with Gasteiger partial charge in [-0.2, -0.15) is 13.2 Å². The minimum Gasteiger partial charge on any atom is -0.326 e. The van der Waals surface area contributed by atoms with E-state index in [1.807, 2.05) is 0 Å². The van der Waals surface area contributed by atoms with Gasteiger partial charge in [0.15, 0.2) is 0 Å². The van der Waals surface area contributed by atoms with Gasteiger partial charge in [0.25, 0.3) is 0 Å². The monoisotopic (exact) mass is 245 g/mol. The number of nitrogens with two attached hydrogens (primary N) is 1. The number of carbonyl (C=O) groups excluding carboxylic acids is 1. The molecule has 0 aromatic carbocycles. The lowest BCUT2D eigenvalue weighted by atomic mass is 10.2. The molecule has 0 bridgehead atoms. The van der Waals surface area contributed by atoms with Gasteiger partial charge in [0.05, 0.1) is 17.4 Å². The maximum Gasteiger partial charge on any atom is 0.417 e. The quantitative estimate of drug-likeness (QED) is 0.807. The summed E-state index contributed by atoms with van der Waals surface area (Å²) in [6, 6.07) is 0.570. The van der Waals surface area contributed by atoms with Crippen molar-refractivity contribution in [2.24, 2.45) is 5.73 Å². The molecule has 1 unspecified atom stereocenters. The van der Waals surface area contributed by atoms with Crippen LogP contribution in [0.5, 0.6) is 0 Å². The van der Waals surface area contributed by atoms with Crippen molar-refractivity contribution >= 4 is 11.6 Å². The SMILES string of the molecule is NC1CC(=O)N(c2cncc(C(F)(F)F)c2)C1. The minimum atomic E-state index is -4.46. The molecule has 4 nitrogen and oxygen atoms in total. The highest BCUT2D eigenvalue weighted by atomic mass is 19.4. The molecule has 2 N–H and O–H groups in total. The van der Waals surface area contributed by atoms with Crippen molar-refractivity contribution in [1.82, 2.24) is 4.98 Å². The lowest BCUT2D eigenvalue weighted by Gasteiger charge is -2.17. The number of pyridine rings is 1. The number of halogens is 3. The summed E-state index contributed by atoms with van der Waals surface area (Å²) in [7, 11) is 0. The van der Waals surface area contributed by atoms with E-state index < -0.39 is 11.7 Å². The molecule has 0 spiro atoms. The number of alkyl halides is 3. The van der Waals surface area contributed by atoms with Crippen molar-refractivity contribution in [3.63, 3.8) is 0 Å². The van der Waals surface area contributed by atoms with E-state index in [1.165, 1.54) is 11.1 Å². The highest BCUT2D eigenvalue weighted by Gasteiger charge is 2.33. The first kappa shape index (κ1) is 11.8. The Hall–Kier alpha value is -1.63. The van der Waals surface area contributed by atoms with Crippen molar-refractivity contribution in [2.45, 2.75) is 18.6 Å². The average molecular weight is 245 g/mol. The second kappa shape index (κ2) is 3.99. The van der Waals surface area contributed by atoms with E-state index >= 15 is 0 Å². The van der Waals surface area contributed by atoms with Crippen LogP contribution < -0.4 is 10.6 Å². The van der Waals surface area contributed by atoms with Crippen molar-refractivity contribution in [3.05, 3.63) is 24.0 Å². The molecule has 1 atom stereocenters. The van der Waals surface area contributed by atoms with Gasteiger partial charge < -0.3 is 10.6 Å². The van der Waals surface area contributed by atoms with Gasteiger partial charge in [-0.1, -0.05) is 0 Å². The third kappa shape index (κ3) is 2.38. The largest absolute Gasteiger partial charge is 0.417 e. The molecule has 1 aliphatic rings. The van der Waals surface area contributed by atoms with E-state index in [0.717, 1.165) is 12.3 Å². The van der Waals surface area contributed by atoms with E-state index in [9.17, 15) is 18.0 Å². The maximum atomic E-state index is 12.5. The van der Waals surface area contributed by atoms with Gasteiger partial charge in [0.2, 0.25) is 5.91 Å². The van der Waals surface area contributed by atoms with Gasteiger partial charge in [-0.15, -0.1) is 0 Å². The Kier molecular flexibility index (Phi) is 2.78. The minimum absolute atomic E-state index is 0.137. The van der Waals surface area contributed by atoms with Gasteiger partial charge in [-0.25, -0.2) is 0 Å². The summed E-state index contributed by atoms with van der Waals surface area (Å²) in [5.74, 6) is -0.279. The number of amides is 1. The highest BCUT2D eigenvalue weighted by Crippen LogP contribution is 2.31. The zero-order valence-corrected chi connectivity index (χ0v) is 8.74. The van der Waals surface area contributed by atoms with Gasteiger partial charge in [-0.05, 0) is 6.07 Å². The van der Waals surface area contributed by atoms with Gasteiger partial charge in [-0.3, -0.25) is 9.78 Å². The Morgan fingerprint density at radius 1 is 1.41 bits per heavy atom. The molecule has 0 saturated carbocycles. The topological polar surface area (TPSA) is 59.2 Å². The number of hydrogen-bond donors (Lipinski definition) is 1. The fourth-order valence-corrected chi connectivity index (χ4v) is 1.72. The molecule has 1 saturated heterocycles. The van der Waals surface area contributed by atoms with Crippen molar-refractivity contribution < 1.29 is 18.0 Å². The van der Waals surface area contributed by atoms with E-state index in [-0.39, 0.29) is 30.6 Å². The molecule has 92 valence electrons. The van der Waals surface area contributed by atoms with Crippen LogP contribution in [-0.2, 0) is 11.0 Å². The van der Waals surface area contributed by atoms with Gasteiger partial charge in [0.1, 0.15) is 0 Å². The summed E-state index contributed by atoms with van der Waals surface area (Å²) < 4.78 is 37.4.